The predicted octanol–water partition coefficient (Wildman–Crippen LogP) is -1.22. The van der Waals surface area contributed by atoms with E-state index in [0.717, 1.165) is 11.5 Å². The van der Waals surface area contributed by atoms with Crippen LogP contribution in [0.25, 0.3) is 0 Å². The molecule has 3 aliphatic rings. The Bertz CT molecular complexity index is 1180. The summed E-state index contributed by atoms with van der Waals surface area (Å²) >= 11 is 2.27. The third kappa shape index (κ3) is 5.27. The average molecular weight is 554 g/mol. The molecule has 1 aromatic heterocycles. The lowest BCUT2D eigenvalue weighted by Crippen LogP contribution is -2.65. The minimum Gasteiger partial charge on any atom is -0.478 e. The Hall–Kier alpha value is -2.85. The Labute approximate surface area is 220 Å². The van der Waals surface area contributed by atoms with E-state index in [-0.39, 0.29) is 34.9 Å². The SMILES string of the molecule is CO/N=C(\C(=O)N[C@@H]1C(=O)C2C(C(=O)O)=C(/C=C/C[N+]3(C)C[C@H](O)C[C@H]3CO)CS[C@@H]21)c1nsc(N)n1. The van der Waals surface area contributed by atoms with E-state index in [2.05, 4.69) is 19.8 Å². The van der Waals surface area contributed by atoms with Gasteiger partial charge < -0.3 is 35.7 Å². The fourth-order valence-corrected chi connectivity index (χ4v) is 7.05. The number of nitrogen functional groups attached to an aromatic ring is 1. The number of carbonyl (C=O) groups excluding carboxylic acids is 2. The van der Waals surface area contributed by atoms with Crippen LogP contribution < -0.4 is 11.1 Å². The van der Waals surface area contributed by atoms with Crippen molar-refractivity contribution in [1.82, 2.24) is 14.7 Å². The van der Waals surface area contributed by atoms with Crippen molar-refractivity contribution >= 4 is 51.8 Å². The zero-order valence-electron chi connectivity index (χ0n) is 20.2. The molecule has 3 heterocycles. The second-order valence-corrected chi connectivity index (χ2v) is 11.4. The van der Waals surface area contributed by atoms with Crippen molar-refractivity contribution in [2.45, 2.75) is 29.9 Å². The highest BCUT2D eigenvalue weighted by molar-refractivity contribution is 8.00. The van der Waals surface area contributed by atoms with E-state index in [1.165, 1.54) is 18.9 Å². The standard InChI is InChI=1S/C22H28N6O7S2/c1-28(7-12(30)6-11(28)8-29)5-3-4-10-9-36-18-14(13(10)21(33)34)17(31)15(18)24-20(32)16(26-35-2)19-25-22(23)37-27-19/h3-4,11-12,14-15,18,29-30H,5-9H2,1-2H3,(H3-,23,24,25,27,32,33,34)/p+1/b4-3+,26-16-/t11-,12+,14?,15+,18-,28?/m0/s1. The van der Waals surface area contributed by atoms with Crippen LogP contribution in [0.15, 0.2) is 28.5 Å². The molecule has 1 aliphatic carbocycles. The van der Waals surface area contributed by atoms with Crippen molar-refractivity contribution in [3.05, 3.63) is 29.1 Å². The van der Waals surface area contributed by atoms with Crippen LogP contribution in [0.4, 0.5) is 5.13 Å². The van der Waals surface area contributed by atoms with Crippen LogP contribution in [-0.4, -0.2) is 116 Å². The molecule has 0 aromatic carbocycles. The number of hydrogen-bond acceptors (Lipinski definition) is 12. The normalized spacial score (nSPS) is 31.8. The molecule has 0 spiro atoms. The number of anilines is 1. The molecule has 13 nitrogen and oxygen atoms in total. The number of aliphatic hydroxyl groups is 2. The largest absolute Gasteiger partial charge is 0.478 e. The van der Waals surface area contributed by atoms with Gasteiger partial charge in [0, 0.05) is 29.0 Å². The number of fused-ring (bicyclic) bond motifs is 1. The number of allylic oxidation sites excluding steroid dienone is 1. The Kier molecular flexibility index (Phi) is 7.99. The number of aliphatic hydroxyl groups excluding tert-OH is 2. The highest BCUT2D eigenvalue weighted by Gasteiger charge is 2.56. The predicted molar refractivity (Wildman–Crippen MR) is 136 cm³/mol. The quantitative estimate of drug-likeness (QED) is 0.140. The zero-order chi connectivity index (χ0) is 26.9. The van der Waals surface area contributed by atoms with Crippen LogP contribution in [0.5, 0.6) is 0 Å². The maximum Gasteiger partial charge on any atom is 0.332 e. The topological polar surface area (TPSA) is 197 Å². The summed E-state index contributed by atoms with van der Waals surface area (Å²) in [5, 5.41) is 35.6. The average Bonchev–Trinajstić information content (AvgIpc) is 3.41. The number of nitrogens with one attached hydrogen (secondary N) is 1. The number of carboxylic acid groups (broad SMARTS) is 1. The van der Waals surface area contributed by atoms with Gasteiger partial charge in [-0.3, -0.25) is 9.59 Å². The molecule has 200 valence electrons. The summed E-state index contributed by atoms with van der Waals surface area (Å²) in [6.07, 6.45) is 3.57. The van der Waals surface area contributed by atoms with E-state index in [0.29, 0.717) is 35.3 Å². The fraction of sp³-hybridized carbons (Fsp3) is 0.545. The van der Waals surface area contributed by atoms with E-state index in [1.54, 1.807) is 6.08 Å². The van der Waals surface area contributed by atoms with Crippen LogP contribution in [0.1, 0.15) is 12.2 Å². The molecule has 15 heteroatoms. The molecule has 0 bridgehead atoms. The second kappa shape index (κ2) is 10.9. The van der Waals surface area contributed by atoms with Gasteiger partial charge in [-0.2, -0.15) is 21.1 Å². The summed E-state index contributed by atoms with van der Waals surface area (Å²) in [5.41, 5.74) is 5.91. The number of likely N-dealkylation sites (tertiary alicyclic amines) is 1. The number of carbonyl (C=O) groups is 3. The molecule has 0 radical (unpaired) electrons. The Morgan fingerprint density at radius 1 is 1.41 bits per heavy atom. The van der Waals surface area contributed by atoms with Gasteiger partial charge >= 0.3 is 5.97 Å². The van der Waals surface area contributed by atoms with Crippen molar-refractivity contribution in [3.8, 4) is 0 Å². The second-order valence-electron chi connectivity index (χ2n) is 9.40. The third-order valence-electron chi connectivity index (χ3n) is 7.03. The first-order chi connectivity index (χ1) is 17.6. The molecule has 6 N–H and O–H groups in total. The maximum atomic E-state index is 13.0. The monoisotopic (exact) mass is 553 g/mol. The Morgan fingerprint density at radius 3 is 2.78 bits per heavy atom. The molecule has 2 fully saturated rings. The number of nitrogens with zero attached hydrogens (tertiary/aromatic N) is 4. The van der Waals surface area contributed by atoms with Crippen LogP contribution in [0.2, 0.25) is 0 Å². The number of likely N-dealkylation sites (N-methyl/N-ethyl adjacent to an activating group) is 1. The molecule has 1 amide bonds. The fourth-order valence-electron chi connectivity index (χ4n) is 5.14. The van der Waals surface area contributed by atoms with Crippen molar-refractivity contribution in [1.29, 1.82) is 0 Å². The lowest BCUT2D eigenvalue weighted by molar-refractivity contribution is -0.917. The molecular formula is C22H29N6O7S2+. The number of aliphatic carboxylic acids is 1. The summed E-state index contributed by atoms with van der Waals surface area (Å²) in [6.45, 7) is 0.951. The third-order valence-corrected chi connectivity index (χ3v) is 8.98. The number of amides is 1. The Morgan fingerprint density at radius 2 is 2.16 bits per heavy atom. The van der Waals surface area contributed by atoms with E-state index in [1.807, 2.05) is 13.1 Å². The number of quaternary nitrogens is 1. The number of thioether (sulfide) groups is 1. The molecule has 2 aliphatic heterocycles. The van der Waals surface area contributed by atoms with Gasteiger partial charge in [0.25, 0.3) is 5.91 Å². The highest BCUT2D eigenvalue weighted by atomic mass is 32.2. The minimum absolute atomic E-state index is 0.0260. The first-order valence-corrected chi connectivity index (χ1v) is 13.3. The number of Topliss-reactive ketones (excluding diaryl/α,β-unsaturated/α-hetero) is 1. The molecule has 1 aromatic rings. The summed E-state index contributed by atoms with van der Waals surface area (Å²) in [4.78, 5) is 46.7. The molecule has 6 atom stereocenters. The molecule has 2 unspecified atom stereocenters. The molecule has 1 saturated carbocycles. The van der Waals surface area contributed by atoms with E-state index < -0.39 is 41.0 Å². The first kappa shape index (κ1) is 27.2. The van der Waals surface area contributed by atoms with Crippen LogP contribution in [-0.2, 0) is 19.2 Å². The van der Waals surface area contributed by atoms with Crippen molar-refractivity contribution < 1.29 is 39.0 Å². The number of rotatable bonds is 9. The van der Waals surface area contributed by atoms with E-state index >= 15 is 0 Å². The van der Waals surface area contributed by atoms with Gasteiger partial charge in [0.15, 0.2) is 10.9 Å². The number of hydrogen-bond donors (Lipinski definition) is 5. The smallest absolute Gasteiger partial charge is 0.332 e. The summed E-state index contributed by atoms with van der Waals surface area (Å²) in [6, 6.07) is -1.00. The molecule has 1 saturated heterocycles. The summed E-state index contributed by atoms with van der Waals surface area (Å²) in [5.74, 6) is -2.86. The number of nitrogens with two attached hydrogens (primary N) is 1. The number of ketones is 1. The lowest BCUT2D eigenvalue weighted by Gasteiger charge is -2.45. The minimum atomic E-state index is -1.18. The van der Waals surface area contributed by atoms with Gasteiger partial charge in [-0.15, -0.1) is 0 Å². The zero-order valence-corrected chi connectivity index (χ0v) is 21.9. The Balaban J connectivity index is 1.48. The first-order valence-electron chi connectivity index (χ1n) is 11.5. The molecule has 37 heavy (non-hydrogen) atoms. The van der Waals surface area contributed by atoms with Crippen LogP contribution >= 0.6 is 23.3 Å². The maximum absolute atomic E-state index is 13.0. The molecule has 4 rings (SSSR count). The van der Waals surface area contributed by atoms with E-state index in [9.17, 15) is 29.7 Å². The van der Waals surface area contributed by atoms with E-state index in [4.69, 9.17) is 10.6 Å². The number of oxime groups is 1. The number of carboxylic acids is 1. The van der Waals surface area contributed by atoms with Gasteiger partial charge in [0.2, 0.25) is 11.5 Å². The summed E-state index contributed by atoms with van der Waals surface area (Å²) < 4.78 is 4.40. The van der Waals surface area contributed by atoms with Crippen molar-refractivity contribution in [3.63, 3.8) is 0 Å². The van der Waals surface area contributed by atoms with Gasteiger partial charge in [0.05, 0.1) is 31.7 Å². The van der Waals surface area contributed by atoms with Crippen LogP contribution in [0, 0.1) is 5.92 Å². The van der Waals surface area contributed by atoms with Crippen LogP contribution in [0.3, 0.4) is 0 Å². The molecular weight excluding hydrogens is 524 g/mol. The van der Waals surface area contributed by atoms with Gasteiger partial charge in [-0.25, -0.2) is 4.79 Å². The number of aromatic nitrogens is 2. The highest BCUT2D eigenvalue weighted by Crippen LogP contribution is 2.46. The van der Waals surface area contributed by atoms with Crippen molar-refractivity contribution in [2.24, 2.45) is 11.1 Å². The van der Waals surface area contributed by atoms with Gasteiger partial charge in [0.1, 0.15) is 31.8 Å². The van der Waals surface area contributed by atoms with Gasteiger partial charge in [-0.05, 0) is 11.6 Å². The van der Waals surface area contributed by atoms with Gasteiger partial charge in [-0.1, -0.05) is 11.2 Å². The summed E-state index contributed by atoms with van der Waals surface area (Å²) in [7, 11) is 3.19. The lowest BCUT2D eigenvalue weighted by atomic mass is 9.71. The van der Waals surface area contributed by atoms with Crippen molar-refractivity contribution in [2.75, 3.05) is 45.3 Å².